The van der Waals surface area contributed by atoms with Crippen molar-refractivity contribution in [1.29, 1.82) is 0 Å². The number of esters is 1. The second-order valence-corrected chi connectivity index (χ2v) is 4.91. The van der Waals surface area contributed by atoms with E-state index in [1.54, 1.807) is 24.3 Å². The Kier molecular flexibility index (Phi) is 5.86. The standard InChI is InChI=1S/C18H20O5/c1-3-21-14-5-7-15(8-6-14)22-10-11-23-18(20)16-9-4-13(2)12-17(16)19/h4-9,12,19H,3,10-11H2,1-2H3. The van der Waals surface area contributed by atoms with Crippen molar-refractivity contribution in [1.82, 2.24) is 0 Å². The minimum absolute atomic E-state index is 0.0811. The van der Waals surface area contributed by atoms with Crippen LogP contribution in [0.25, 0.3) is 0 Å². The summed E-state index contributed by atoms with van der Waals surface area (Å²) in [5.41, 5.74) is 1.02. The molecule has 23 heavy (non-hydrogen) atoms. The highest BCUT2D eigenvalue weighted by atomic mass is 16.6. The molecule has 0 aliphatic rings. The second-order valence-electron chi connectivity index (χ2n) is 4.91. The maximum atomic E-state index is 11.9. The molecule has 0 atom stereocenters. The van der Waals surface area contributed by atoms with Crippen LogP contribution in [-0.4, -0.2) is 30.9 Å². The van der Waals surface area contributed by atoms with E-state index >= 15 is 0 Å². The summed E-state index contributed by atoms with van der Waals surface area (Å²) in [7, 11) is 0. The van der Waals surface area contributed by atoms with Crippen LogP contribution in [0.2, 0.25) is 0 Å². The molecule has 5 heteroatoms. The molecule has 0 saturated heterocycles. The Morgan fingerprint density at radius 3 is 2.26 bits per heavy atom. The van der Waals surface area contributed by atoms with E-state index in [4.69, 9.17) is 14.2 Å². The minimum atomic E-state index is -0.571. The summed E-state index contributed by atoms with van der Waals surface area (Å²) in [4.78, 5) is 11.9. The van der Waals surface area contributed by atoms with E-state index in [1.807, 2.05) is 26.0 Å². The summed E-state index contributed by atoms with van der Waals surface area (Å²) in [6, 6.07) is 12.0. The quantitative estimate of drug-likeness (QED) is 0.627. The Labute approximate surface area is 135 Å². The van der Waals surface area contributed by atoms with Gasteiger partial charge in [0.25, 0.3) is 0 Å². The third-order valence-corrected chi connectivity index (χ3v) is 3.09. The molecule has 0 heterocycles. The van der Waals surface area contributed by atoms with E-state index in [-0.39, 0.29) is 24.5 Å². The van der Waals surface area contributed by atoms with Crippen LogP contribution in [0.15, 0.2) is 42.5 Å². The van der Waals surface area contributed by atoms with Crippen LogP contribution in [0.3, 0.4) is 0 Å². The molecule has 1 N–H and O–H groups in total. The van der Waals surface area contributed by atoms with Crippen LogP contribution >= 0.6 is 0 Å². The highest BCUT2D eigenvalue weighted by Gasteiger charge is 2.12. The van der Waals surface area contributed by atoms with E-state index in [0.717, 1.165) is 11.3 Å². The van der Waals surface area contributed by atoms with Crippen LogP contribution in [0.5, 0.6) is 17.2 Å². The molecular weight excluding hydrogens is 296 g/mol. The van der Waals surface area contributed by atoms with E-state index in [0.29, 0.717) is 12.4 Å². The number of phenols is 1. The van der Waals surface area contributed by atoms with Gasteiger partial charge in [0.15, 0.2) is 0 Å². The number of carbonyl (C=O) groups is 1. The van der Waals surface area contributed by atoms with Crippen molar-refractivity contribution in [3.05, 3.63) is 53.6 Å². The van der Waals surface area contributed by atoms with Crippen LogP contribution in [0.1, 0.15) is 22.8 Å². The summed E-state index contributed by atoms with van der Waals surface area (Å²) in [5.74, 6) is 0.795. The zero-order chi connectivity index (χ0) is 16.7. The monoisotopic (exact) mass is 316 g/mol. The first-order chi connectivity index (χ1) is 11.1. The van der Waals surface area contributed by atoms with Crippen LogP contribution < -0.4 is 9.47 Å². The van der Waals surface area contributed by atoms with Gasteiger partial charge in [0.2, 0.25) is 0 Å². The number of ether oxygens (including phenoxy) is 3. The van der Waals surface area contributed by atoms with Gasteiger partial charge >= 0.3 is 5.97 Å². The van der Waals surface area contributed by atoms with E-state index < -0.39 is 5.97 Å². The molecule has 0 radical (unpaired) electrons. The molecule has 0 unspecified atom stereocenters. The van der Waals surface area contributed by atoms with Crippen molar-refractivity contribution in [2.45, 2.75) is 13.8 Å². The lowest BCUT2D eigenvalue weighted by Gasteiger charge is -2.09. The number of rotatable bonds is 7. The number of benzene rings is 2. The lowest BCUT2D eigenvalue weighted by molar-refractivity contribution is 0.0447. The predicted octanol–water partition coefficient (Wildman–Crippen LogP) is 3.34. The molecule has 0 amide bonds. The largest absolute Gasteiger partial charge is 0.507 e. The average molecular weight is 316 g/mol. The van der Waals surface area contributed by atoms with Gasteiger partial charge in [-0.2, -0.15) is 0 Å². The van der Waals surface area contributed by atoms with Crippen LogP contribution in [-0.2, 0) is 4.74 Å². The number of aromatic hydroxyl groups is 1. The summed E-state index contributed by atoms with van der Waals surface area (Å²) in [6.45, 7) is 4.69. The highest BCUT2D eigenvalue weighted by molar-refractivity contribution is 5.92. The summed E-state index contributed by atoms with van der Waals surface area (Å²) in [5, 5.41) is 9.72. The van der Waals surface area contributed by atoms with Crippen LogP contribution in [0, 0.1) is 6.92 Å². The fraction of sp³-hybridized carbons (Fsp3) is 0.278. The Balaban J connectivity index is 1.77. The van der Waals surface area contributed by atoms with Gasteiger partial charge in [-0.3, -0.25) is 0 Å². The molecule has 0 spiro atoms. The summed E-state index contributed by atoms with van der Waals surface area (Å²) >= 11 is 0. The molecule has 0 bridgehead atoms. The number of hydrogen-bond acceptors (Lipinski definition) is 5. The van der Waals surface area contributed by atoms with Gasteiger partial charge in [0, 0.05) is 0 Å². The fourth-order valence-corrected chi connectivity index (χ4v) is 1.98. The van der Waals surface area contributed by atoms with Gasteiger partial charge in [-0.05, 0) is 55.8 Å². The molecule has 2 aromatic rings. The third kappa shape index (κ3) is 4.92. The first-order valence-corrected chi connectivity index (χ1v) is 7.42. The average Bonchev–Trinajstić information content (AvgIpc) is 2.53. The van der Waals surface area contributed by atoms with Gasteiger partial charge in [-0.25, -0.2) is 4.79 Å². The number of phenolic OH excluding ortho intramolecular Hbond substituents is 1. The smallest absolute Gasteiger partial charge is 0.342 e. The van der Waals surface area contributed by atoms with Crippen molar-refractivity contribution in [3.63, 3.8) is 0 Å². The molecule has 122 valence electrons. The van der Waals surface area contributed by atoms with Gasteiger partial charge in [0.05, 0.1) is 6.61 Å². The Morgan fingerprint density at radius 2 is 1.65 bits per heavy atom. The number of carbonyl (C=O) groups excluding carboxylic acids is 1. The normalized spacial score (nSPS) is 10.2. The zero-order valence-corrected chi connectivity index (χ0v) is 13.2. The van der Waals surface area contributed by atoms with Gasteiger partial charge < -0.3 is 19.3 Å². The van der Waals surface area contributed by atoms with Crippen molar-refractivity contribution >= 4 is 5.97 Å². The molecule has 2 rings (SSSR count). The maximum absolute atomic E-state index is 11.9. The molecule has 0 fully saturated rings. The molecule has 0 aliphatic heterocycles. The molecule has 0 aliphatic carbocycles. The summed E-state index contributed by atoms with van der Waals surface area (Å²) < 4.78 is 15.9. The molecule has 0 saturated carbocycles. The molecular formula is C18H20O5. The van der Waals surface area contributed by atoms with Gasteiger partial charge in [0.1, 0.15) is 36.0 Å². The molecule has 2 aromatic carbocycles. The second kappa shape index (κ2) is 8.08. The topological polar surface area (TPSA) is 65.0 Å². The molecule has 5 nitrogen and oxygen atoms in total. The Hall–Kier alpha value is -2.69. The van der Waals surface area contributed by atoms with E-state index in [1.165, 1.54) is 6.07 Å². The van der Waals surface area contributed by atoms with Crippen molar-refractivity contribution in [2.75, 3.05) is 19.8 Å². The van der Waals surface area contributed by atoms with E-state index in [9.17, 15) is 9.90 Å². The number of hydrogen-bond donors (Lipinski definition) is 1. The Bertz CT molecular complexity index is 649. The van der Waals surface area contributed by atoms with Crippen molar-refractivity contribution in [3.8, 4) is 17.2 Å². The fourth-order valence-electron chi connectivity index (χ4n) is 1.98. The van der Waals surface area contributed by atoms with Crippen molar-refractivity contribution < 1.29 is 24.1 Å². The van der Waals surface area contributed by atoms with Crippen LogP contribution in [0.4, 0.5) is 0 Å². The minimum Gasteiger partial charge on any atom is -0.507 e. The third-order valence-electron chi connectivity index (χ3n) is 3.09. The number of aryl methyl sites for hydroxylation is 1. The van der Waals surface area contributed by atoms with Crippen molar-refractivity contribution in [2.24, 2.45) is 0 Å². The van der Waals surface area contributed by atoms with Gasteiger partial charge in [-0.15, -0.1) is 0 Å². The predicted molar refractivity (Wildman–Crippen MR) is 86.2 cm³/mol. The lowest BCUT2D eigenvalue weighted by Crippen LogP contribution is -2.12. The maximum Gasteiger partial charge on any atom is 0.342 e. The Morgan fingerprint density at radius 1 is 1.00 bits per heavy atom. The van der Waals surface area contributed by atoms with E-state index in [2.05, 4.69) is 0 Å². The zero-order valence-electron chi connectivity index (χ0n) is 13.2. The SMILES string of the molecule is CCOc1ccc(OCCOC(=O)c2ccc(C)cc2O)cc1. The van der Waals surface area contributed by atoms with Gasteiger partial charge in [-0.1, -0.05) is 6.07 Å². The summed E-state index contributed by atoms with van der Waals surface area (Å²) in [6.07, 6.45) is 0. The highest BCUT2D eigenvalue weighted by Crippen LogP contribution is 2.20. The lowest BCUT2D eigenvalue weighted by atomic mass is 10.1. The molecule has 0 aromatic heterocycles. The first-order valence-electron chi connectivity index (χ1n) is 7.42. The first kappa shape index (κ1) is 16.7.